The lowest BCUT2D eigenvalue weighted by atomic mass is 10.2. The van der Waals surface area contributed by atoms with Crippen LogP contribution < -0.4 is 4.90 Å². The van der Waals surface area contributed by atoms with E-state index in [1.165, 1.54) is 6.07 Å². The van der Waals surface area contributed by atoms with Crippen molar-refractivity contribution in [1.29, 1.82) is 0 Å². The number of rotatable bonds is 3. The van der Waals surface area contributed by atoms with Gasteiger partial charge in [-0.05, 0) is 38.1 Å². The Morgan fingerprint density at radius 3 is 2.62 bits per heavy atom. The third kappa shape index (κ3) is 3.24. The quantitative estimate of drug-likeness (QED) is 0.522. The zero-order valence-corrected chi connectivity index (χ0v) is 17.1. The van der Waals surface area contributed by atoms with E-state index in [1.54, 1.807) is 0 Å². The van der Waals surface area contributed by atoms with Crippen LogP contribution in [0.1, 0.15) is 13.8 Å². The summed E-state index contributed by atoms with van der Waals surface area (Å²) < 4.78 is 14.9. The minimum atomic E-state index is -0.232. The first-order chi connectivity index (χ1) is 14.0. The van der Waals surface area contributed by atoms with Crippen LogP contribution in [0.3, 0.4) is 0 Å². The molecular formula is C21H22ClFN6. The molecule has 2 aromatic heterocycles. The largest absolute Gasteiger partial charge is 0.367 e. The highest BCUT2D eigenvalue weighted by molar-refractivity contribution is 6.31. The summed E-state index contributed by atoms with van der Waals surface area (Å²) in [5.74, 6) is 0.374. The summed E-state index contributed by atoms with van der Waals surface area (Å²) in [6.45, 7) is 7.87. The second kappa shape index (κ2) is 7.00. The Bertz CT molecular complexity index is 1190. The molecule has 2 aromatic carbocycles. The number of nitrogens with zero attached hydrogens (tertiary/aromatic N) is 4. The number of halogens is 2. The van der Waals surface area contributed by atoms with Crippen LogP contribution >= 0.6 is 11.6 Å². The number of nitrogens with one attached hydrogen (secondary N) is 2. The molecule has 0 amide bonds. The predicted octanol–water partition coefficient (Wildman–Crippen LogP) is 4.43. The number of benzene rings is 2. The molecule has 1 saturated heterocycles. The highest BCUT2D eigenvalue weighted by Gasteiger charge is 2.22. The molecule has 0 atom stereocenters. The van der Waals surface area contributed by atoms with Gasteiger partial charge in [-0.3, -0.25) is 10.00 Å². The molecule has 2 N–H and O–H groups in total. The molecule has 1 fully saturated rings. The van der Waals surface area contributed by atoms with Crippen LogP contribution in [0.2, 0.25) is 5.02 Å². The second-order valence-electron chi connectivity index (χ2n) is 7.79. The van der Waals surface area contributed by atoms with E-state index in [-0.39, 0.29) is 5.82 Å². The Labute approximate surface area is 172 Å². The van der Waals surface area contributed by atoms with Gasteiger partial charge in [-0.15, -0.1) is 0 Å². The van der Waals surface area contributed by atoms with Gasteiger partial charge in [0.05, 0.1) is 22.2 Å². The predicted molar refractivity (Wildman–Crippen MR) is 115 cm³/mol. The lowest BCUT2D eigenvalue weighted by Crippen LogP contribution is -2.49. The van der Waals surface area contributed by atoms with E-state index in [2.05, 4.69) is 38.8 Å². The van der Waals surface area contributed by atoms with Gasteiger partial charge < -0.3 is 9.88 Å². The van der Waals surface area contributed by atoms with Gasteiger partial charge >= 0.3 is 0 Å². The van der Waals surface area contributed by atoms with Crippen molar-refractivity contribution in [2.24, 2.45) is 0 Å². The molecule has 0 saturated carbocycles. The van der Waals surface area contributed by atoms with Gasteiger partial charge in [-0.2, -0.15) is 5.10 Å². The average molecular weight is 413 g/mol. The number of hydrogen-bond donors (Lipinski definition) is 2. The first kappa shape index (κ1) is 18.4. The van der Waals surface area contributed by atoms with E-state index in [0.29, 0.717) is 33.8 Å². The zero-order valence-electron chi connectivity index (χ0n) is 16.3. The lowest BCUT2D eigenvalue weighted by molar-refractivity contribution is 0.209. The van der Waals surface area contributed by atoms with E-state index in [9.17, 15) is 4.39 Å². The van der Waals surface area contributed by atoms with Crippen LogP contribution in [0.25, 0.3) is 33.5 Å². The average Bonchev–Trinajstić information content (AvgIpc) is 3.30. The van der Waals surface area contributed by atoms with Gasteiger partial charge in [0.15, 0.2) is 5.82 Å². The van der Waals surface area contributed by atoms with Crippen molar-refractivity contribution in [2.75, 3.05) is 31.1 Å². The molecule has 0 bridgehead atoms. The summed E-state index contributed by atoms with van der Waals surface area (Å²) in [5, 5.41) is 8.91. The Morgan fingerprint density at radius 2 is 1.86 bits per heavy atom. The lowest BCUT2D eigenvalue weighted by Gasteiger charge is -2.38. The van der Waals surface area contributed by atoms with Crippen LogP contribution in [0.5, 0.6) is 0 Å². The Morgan fingerprint density at radius 1 is 1.07 bits per heavy atom. The fraction of sp³-hybridized carbons (Fsp3) is 0.333. The summed E-state index contributed by atoms with van der Waals surface area (Å²) in [6, 6.07) is 9.43. The molecule has 6 nitrogen and oxygen atoms in total. The van der Waals surface area contributed by atoms with E-state index >= 15 is 0 Å². The van der Waals surface area contributed by atoms with Crippen molar-refractivity contribution in [3.8, 4) is 11.5 Å². The van der Waals surface area contributed by atoms with Crippen molar-refractivity contribution >= 4 is 39.2 Å². The summed E-state index contributed by atoms with van der Waals surface area (Å²) in [4.78, 5) is 12.4. The first-order valence-electron chi connectivity index (χ1n) is 9.82. The van der Waals surface area contributed by atoms with Gasteiger partial charge in [0.2, 0.25) is 0 Å². The minimum Gasteiger partial charge on any atom is -0.367 e. The molecule has 0 aliphatic carbocycles. The summed E-state index contributed by atoms with van der Waals surface area (Å²) in [6.07, 6.45) is 0. The third-order valence-electron chi connectivity index (χ3n) is 5.68. The molecule has 8 heteroatoms. The van der Waals surface area contributed by atoms with Gasteiger partial charge in [-0.25, -0.2) is 9.37 Å². The molecule has 1 aliphatic rings. The van der Waals surface area contributed by atoms with Crippen molar-refractivity contribution in [1.82, 2.24) is 25.1 Å². The monoisotopic (exact) mass is 412 g/mol. The minimum absolute atomic E-state index is 0.232. The van der Waals surface area contributed by atoms with E-state index in [0.717, 1.165) is 42.6 Å². The number of H-pyrrole nitrogens is 2. The molecule has 3 heterocycles. The molecule has 0 unspecified atom stereocenters. The number of anilines is 1. The summed E-state index contributed by atoms with van der Waals surface area (Å²) in [7, 11) is 0. The topological polar surface area (TPSA) is 63.8 Å². The molecule has 150 valence electrons. The molecule has 5 rings (SSSR count). The number of hydrogen-bond acceptors (Lipinski definition) is 4. The maximum absolute atomic E-state index is 14.9. The molecular weight excluding hydrogens is 391 g/mol. The summed E-state index contributed by atoms with van der Waals surface area (Å²) in [5.41, 5.74) is 3.53. The maximum Gasteiger partial charge on any atom is 0.159 e. The molecule has 4 aromatic rings. The van der Waals surface area contributed by atoms with Gasteiger partial charge in [-0.1, -0.05) is 11.6 Å². The fourth-order valence-corrected chi connectivity index (χ4v) is 4.20. The highest BCUT2D eigenvalue weighted by Crippen LogP contribution is 2.31. The Hall–Kier alpha value is -2.64. The van der Waals surface area contributed by atoms with Gasteiger partial charge in [0.1, 0.15) is 11.5 Å². The standard InChI is InChI=1S/C21H22ClFN6/c1-12(2)28-5-7-29(8-6-28)19-11-18-17(10-15(19)23)24-21(25-18)20-14-4-3-13(22)9-16(14)26-27-20/h3-4,9-12H,5-8H2,1-2H3,(H,24,25)(H,26,27). The smallest absolute Gasteiger partial charge is 0.159 e. The van der Waals surface area contributed by atoms with Crippen molar-refractivity contribution in [2.45, 2.75) is 19.9 Å². The normalized spacial score (nSPS) is 15.8. The summed E-state index contributed by atoms with van der Waals surface area (Å²) >= 11 is 6.05. The molecule has 1 aliphatic heterocycles. The Balaban J connectivity index is 1.50. The Kier molecular flexibility index (Phi) is 4.44. The van der Waals surface area contributed by atoms with Crippen molar-refractivity contribution in [3.63, 3.8) is 0 Å². The van der Waals surface area contributed by atoms with Crippen molar-refractivity contribution in [3.05, 3.63) is 41.2 Å². The van der Waals surface area contributed by atoms with Crippen LogP contribution in [0.15, 0.2) is 30.3 Å². The number of aromatic amines is 2. The van der Waals surface area contributed by atoms with Crippen molar-refractivity contribution < 1.29 is 4.39 Å². The van der Waals surface area contributed by atoms with Gasteiger partial charge in [0.25, 0.3) is 0 Å². The molecule has 29 heavy (non-hydrogen) atoms. The third-order valence-corrected chi connectivity index (χ3v) is 5.92. The van der Waals surface area contributed by atoms with Crippen LogP contribution in [-0.4, -0.2) is 57.3 Å². The highest BCUT2D eigenvalue weighted by atomic mass is 35.5. The van der Waals surface area contributed by atoms with E-state index < -0.39 is 0 Å². The number of piperazine rings is 1. The number of imidazole rings is 1. The SMILES string of the molecule is CC(C)N1CCN(c2cc3nc(-c4n[nH]c5cc(Cl)ccc45)[nH]c3cc2F)CC1. The van der Waals surface area contributed by atoms with Gasteiger partial charge in [0, 0.05) is 48.7 Å². The molecule has 0 spiro atoms. The molecule has 0 radical (unpaired) electrons. The van der Waals surface area contributed by atoms with E-state index in [4.69, 9.17) is 16.6 Å². The second-order valence-corrected chi connectivity index (χ2v) is 8.22. The van der Waals surface area contributed by atoms with Crippen LogP contribution in [-0.2, 0) is 0 Å². The van der Waals surface area contributed by atoms with Crippen LogP contribution in [0.4, 0.5) is 10.1 Å². The van der Waals surface area contributed by atoms with Crippen LogP contribution in [0, 0.1) is 5.82 Å². The number of fused-ring (bicyclic) bond motifs is 2. The number of aromatic nitrogens is 4. The maximum atomic E-state index is 14.9. The zero-order chi connectivity index (χ0) is 20.1. The fourth-order valence-electron chi connectivity index (χ4n) is 4.03. The van der Waals surface area contributed by atoms with E-state index in [1.807, 2.05) is 24.3 Å². The first-order valence-corrected chi connectivity index (χ1v) is 10.2.